The van der Waals surface area contributed by atoms with E-state index in [-0.39, 0.29) is 0 Å². The molecule has 0 unspecified atom stereocenters. The minimum absolute atomic E-state index is 0.317. The van der Waals surface area contributed by atoms with Crippen LogP contribution in [-0.2, 0) is 9.59 Å². The van der Waals surface area contributed by atoms with Crippen molar-refractivity contribution in [2.24, 2.45) is 0 Å². The smallest absolute Gasteiger partial charge is 0.309 e. The number of carbonyl (C=O) groups excluding carboxylic acids is 2. The molecule has 0 saturated carbocycles. The fraction of sp³-hybridized carbons (Fsp3) is 0.538. The maximum atomic E-state index is 11.3. The van der Waals surface area contributed by atoms with Gasteiger partial charge in [-0.2, -0.15) is 0 Å². The Morgan fingerprint density at radius 2 is 2.06 bits per heavy atom. The second-order valence-corrected chi connectivity index (χ2v) is 4.11. The summed E-state index contributed by atoms with van der Waals surface area (Å²) in [4.78, 5) is 22.5. The van der Waals surface area contributed by atoms with Crippen LogP contribution >= 0.6 is 0 Å². The van der Waals surface area contributed by atoms with Crippen molar-refractivity contribution in [3.63, 3.8) is 0 Å². The number of nitrogens with one attached hydrogen (secondary N) is 2. The number of carbonyl (C=O) groups is 2. The van der Waals surface area contributed by atoms with Gasteiger partial charge in [-0.15, -0.1) is 6.58 Å². The average molecular weight is 236 g/mol. The molecule has 17 heavy (non-hydrogen) atoms. The van der Waals surface area contributed by atoms with E-state index in [1.807, 2.05) is 0 Å². The first-order chi connectivity index (χ1) is 8.24. The van der Waals surface area contributed by atoms with E-state index in [1.165, 1.54) is 24.5 Å². The van der Waals surface area contributed by atoms with Gasteiger partial charge in [0, 0.05) is 13.1 Å². The number of hydrogen-bond acceptors (Lipinski definition) is 2. The number of amides is 2. The van der Waals surface area contributed by atoms with E-state index in [9.17, 15) is 9.59 Å². The zero-order chi connectivity index (χ0) is 12.5. The number of hydrogen-bond donors (Lipinski definition) is 2. The van der Waals surface area contributed by atoms with Crippen LogP contribution in [0, 0.1) is 0 Å². The van der Waals surface area contributed by atoms with E-state index >= 15 is 0 Å². The molecule has 2 amide bonds. The zero-order valence-electron chi connectivity index (χ0n) is 10.1. The molecule has 0 heterocycles. The van der Waals surface area contributed by atoms with Crippen LogP contribution in [0.15, 0.2) is 24.3 Å². The van der Waals surface area contributed by atoms with Crippen LogP contribution < -0.4 is 10.6 Å². The highest BCUT2D eigenvalue weighted by Crippen LogP contribution is 2.19. The summed E-state index contributed by atoms with van der Waals surface area (Å²) in [7, 11) is 0. The SMILES string of the molecule is C=CCNC(=O)C(=O)NCCC1=CCCCC1. The minimum atomic E-state index is -0.595. The van der Waals surface area contributed by atoms with Crippen LogP contribution in [0.4, 0.5) is 0 Å². The van der Waals surface area contributed by atoms with Crippen molar-refractivity contribution in [2.75, 3.05) is 13.1 Å². The van der Waals surface area contributed by atoms with Crippen LogP contribution in [0.3, 0.4) is 0 Å². The predicted octanol–water partition coefficient (Wildman–Crippen LogP) is 1.30. The van der Waals surface area contributed by atoms with Gasteiger partial charge in [0.05, 0.1) is 0 Å². The van der Waals surface area contributed by atoms with E-state index in [2.05, 4.69) is 23.3 Å². The quantitative estimate of drug-likeness (QED) is 0.558. The molecule has 0 fully saturated rings. The van der Waals surface area contributed by atoms with Gasteiger partial charge in [-0.25, -0.2) is 0 Å². The fourth-order valence-corrected chi connectivity index (χ4v) is 1.79. The van der Waals surface area contributed by atoms with Gasteiger partial charge in [0.15, 0.2) is 0 Å². The van der Waals surface area contributed by atoms with Gasteiger partial charge in [0.1, 0.15) is 0 Å². The van der Waals surface area contributed by atoms with E-state index in [4.69, 9.17) is 0 Å². The molecular formula is C13H20N2O2. The first kappa shape index (κ1) is 13.5. The van der Waals surface area contributed by atoms with E-state index < -0.39 is 11.8 Å². The molecule has 0 spiro atoms. The van der Waals surface area contributed by atoms with Crippen LogP contribution in [0.25, 0.3) is 0 Å². The fourth-order valence-electron chi connectivity index (χ4n) is 1.79. The standard InChI is InChI=1S/C13H20N2O2/c1-2-9-14-12(16)13(17)15-10-8-11-6-4-3-5-7-11/h2,6H,1,3-5,7-10H2,(H,14,16)(H,15,17). The highest BCUT2D eigenvalue weighted by molar-refractivity contribution is 6.35. The summed E-state index contributed by atoms with van der Waals surface area (Å²) in [6.45, 7) is 4.31. The molecular weight excluding hydrogens is 216 g/mol. The lowest BCUT2D eigenvalue weighted by molar-refractivity contribution is -0.139. The van der Waals surface area contributed by atoms with Crippen molar-refractivity contribution >= 4 is 11.8 Å². The summed E-state index contributed by atoms with van der Waals surface area (Å²) < 4.78 is 0. The van der Waals surface area contributed by atoms with Crippen molar-refractivity contribution in [1.82, 2.24) is 10.6 Å². The van der Waals surface area contributed by atoms with Gasteiger partial charge >= 0.3 is 11.8 Å². The molecule has 4 heteroatoms. The Hall–Kier alpha value is -1.58. The summed E-state index contributed by atoms with van der Waals surface area (Å²) in [5.74, 6) is -1.16. The third-order valence-electron chi connectivity index (χ3n) is 2.73. The van der Waals surface area contributed by atoms with Gasteiger partial charge in [-0.1, -0.05) is 17.7 Å². The maximum Gasteiger partial charge on any atom is 0.309 e. The second kappa shape index (κ2) is 7.65. The monoisotopic (exact) mass is 236 g/mol. The highest BCUT2D eigenvalue weighted by atomic mass is 16.2. The molecule has 94 valence electrons. The van der Waals surface area contributed by atoms with Crippen molar-refractivity contribution in [1.29, 1.82) is 0 Å². The zero-order valence-corrected chi connectivity index (χ0v) is 10.1. The minimum Gasteiger partial charge on any atom is -0.348 e. The third-order valence-corrected chi connectivity index (χ3v) is 2.73. The largest absolute Gasteiger partial charge is 0.348 e. The molecule has 0 saturated heterocycles. The first-order valence-electron chi connectivity index (χ1n) is 6.09. The molecule has 0 aromatic heterocycles. The summed E-state index contributed by atoms with van der Waals surface area (Å²) in [5.41, 5.74) is 1.39. The van der Waals surface area contributed by atoms with Gasteiger partial charge in [-0.05, 0) is 32.1 Å². The maximum absolute atomic E-state index is 11.3. The lowest BCUT2D eigenvalue weighted by Gasteiger charge is -2.12. The predicted molar refractivity (Wildman–Crippen MR) is 67.4 cm³/mol. The Labute approximate surface area is 102 Å². The molecule has 0 aromatic carbocycles. The topological polar surface area (TPSA) is 58.2 Å². The summed E-state index contributed by atoms with van der Waals surface area (Å²) in [5, 5.41) is 5.05. The lowest BCUT2D eigenvalue weighted by Crippen LogP contribution is -2.40. The number of rotatable bonds is 5. The molecule has 0 bridgehead atoms. The molecule has 2 N–H and O–H groups in total. The third kappa shape index (κ3) is 5.33. The molecule has 1 rings (SSSR count). The van der Waals surface area contributed by atoms with Gasteiger partial charge in [-0.3, -0.25) is 9.59 Å². The van der Waals surface area contributed by atoms with E-state index in [0.717, 1.165) is 19.3 Å². The van der Waals surface area contributed by atoms with Crippen molar-refractivity contribution in [3.05, 3.63) is 24.3 Å². The molecule has 1 aliphatic rings. The summed E-state index contributed by atoms with van der Waals surface area (Å²) >= 11 is 0. The van der Waals surface area contributed by atoms with Crippen molar-refractivity contribution in [3.8, 4) is 0 Å². The summed E-state index contributed by atoms with van der Waals surface area (Å²) in [6, 6.07) is 0. The van der Waals surface area contributed by atoms with Crippen LogP contribution in [-0.4, -0.2) is 24.9 Å². The highest BCUT2D eigenvalue weighted by Gasteiger charge is 2.11. The molecule has 0 radical (unpaired) electrons. The molecule has 0 atom stereocenters. The first-order valence-corrected chi connectivity index (χ1v) is 6.09. The van der Waals surface area contributed by atoms with Gasteiger partial charge < -0.3 is 10.6 Å². The van der Waals surface area contributed by atoms with Gasteiger partial charge in [0.25, 0.3) is 0 Å². The summed E-state index contributed by atoms with van der Waals surface area (Å²) in [6.07, 6.45) is 9.40. The Morgan fingerprint density at radius 3 is 2.71 bits per heavy atom. The van der Waals surface area contributed by atoms with Crippen LogP contribution in [0.1, 0.15) is 32.1 Å². The Kier molecular flexibility index (Phi) is 6.07. The molecule has 0 aromatic rings. The van der Waals surface area contributed by atoms with E-state index in [1.54, 1.807) is 0 Å². The Bertz CT molecular complexity index is 321. The van der Waals surface area contributed by atoms with Crippen molar-refractivity contribution < 1.29 is 9.59 Å². The van der Waals surface area contributed by atoms with Crippen LogP contribution in [0.5, 0.6) is 0 Å². The Balaban J connectivity index is 2.17. The lowest BCUT2D eigenvalue weighted by atomic mass is 9.97. The average Bonchev–Trinajstić information content (AvgIpc) is 2.37. The van der Waals surface area contributed by atoms with Crippen LogP contribution in [0.2, 0.25) is 0 Å². The number of allylic oxidation sites excluding steroid dienone is 1. The normalized spacial score (nSPS) is 14.7. The second-order valence-electron chi connectivity index (χ2n) is 4.11. The Morgan fingerprint density at radius 1 is 1.29 bits per heavy atom. The molecule has 0 aliphatic heterocycles. The van der Waals surface area contributed by atoms with Gasteiger partial charge in [0.2, 0.25) is 0 Å². The molecule has 4 nitrogen and oxygen atoms in total. The van der Waals surface area contributed by atoms with Crippen molar-refractivity contribution in [2.45, 2.75) is 32.1 Å². The molecule has 1 aliphatic carbocycles. The van der Waals surface area contributed by atoms with E-state index in [0.29, 0.717) is 13.1 Å².